The van der Waals surface area contributed by atoms with Gasteiger partial charge in [0.05, 0.1) is 24.3 Å². The third kappa shape index (κ3) is 1.54. The van der Waals surface area contributed by atoms with Gasteiger partial charge in [0.1, 0.15) is 0 Å². The molecule has 0 aliphatic heterocycles. The van der Waals surface area contributed by atoms with Gasteiger partial charge in [-0.3, -0.25) is 0 Å². The van der Waals surface area contributed by atoms with Crippen molar-refractivity contribution in [1.29, 1.82) is 0 Å². The number of nitrogens with zero attached hydrogens (tertiary/aromatic N) is 3. The van der Waals surface area contributed by atoms with Crippen LogP contribution in [-0.2, 0) is 6.42 Å². The van der Waals surface area contributed by atoms with Crippen molar-refractivity contribution >= 4 is 11.3 Å². The van der Waals surface area contributed by atoms with Crippen molar-refractivity contribution in [3.63, 3.8) is 0 Å². The summed E-state index contributed by atoms with van der Waals surface area (Å²) in [6.07, 6.45) is 5.93. The summed E-state index contributed by atoms with van der Waals surface area (Å²) in [7, 11) is 0. The van der Waals surface area contributed by atoms with E-state index in [1.165, 1.54) is 0 Å². The largest absolute Gasteiger partial charge is 0.396 e. The third-order valence-electron chi connectivity index (χ3n) is 1.99. The Labute approximate surface area is 81.7 Å². The van der Waals surface area contributed by atoms with Crippen LogP contribution in [0, 0.1) is 0 Å². The Morgan fingerprint density at radius 2 is 2.29 bits per heavy atom. The molecule has 5 nitrogen and oxygen atoms in total. The summed E-state index contributed by atoms with van der Waals surface area (Å²) < 4.78 is 1.67. The molecular weight excluding hydrogens is 178 g/mol. The fourth-order valence-corrected chi connectivity index (χ4v) is 1.43. The number of rotatable bonds is 2. The average Bonchev–Trinajstić information content (AvgIpc) is 2.47. The zero-order valence-electron chi connectivity index (χ0n) is 8.01. The smallest absolute Gasteiger partial charge is 0.158 e. The summed E-state index contributed by atoms with van der Waals surface area (Å²) in [5.41, 5.74) is 13.8. The van der Waals surface area contributed by atoms with Crippen LogP contribution in [0.15, 0.2) is 18.6 Å². The second-order valence-corrected chi connectivity index (χ2v) is 3.51. The van der Waals surface area contributed by atoms with Gasteiger partial charge in [0.2, 0.25) is 0 Å². The summed E-state index contributed by atoms with van der Waals surface area (Å²) in [5.74, 6) is 0. The lowest BCUT2D eigenvalue weighted by Gasteiger charge is -2.02. The van der Waals surface area contributed by atoms with Gasteiger partial charge in [-0.15, -0.1) is 0 Å². The maximum atomic E-state index is 5.72. The highest BCUT2D eigenvalue weighted by atomic mass is 15.2. The number of nitrogen functional groups attached to an aromatic ring is 1. The highest BCUT2D eigenvalue weighted by Gasteiger charge is 2.06. The Bertz CT molecular complexity index is 445. The minimum Gasteiger partial charge on any atom is -0.396 e. The molecule has 0 aromatic carbocycles. The van der Waals surface area contributed by atoms with Crippen LogP contribution < -0.4 is 11.5 Å². The van der Waals surface area contributed by atoms with Crippen LogP contribution in [0.1, 0.15) is 12.5 Å². The van der Waals surface area contributed by atoms with E-state index in [4.69, 9.17) is 11.5 Å². The van der Waals surface area contributed by atoms with Gasteiger partial charge in [-0.1, -0.05) is 0 Å². The molecule has 14 heavy (non-hydrogen) atoms. The van der Waals surface area contributed by atoms with E-state index in [-0.39, 0.29) is 6.04 Å². The summed E-state index contributed by atoms with van der Waals surface area (Å²) in [6, 6.07) is 0.113. The van der Waals surface area contributed by atoms with Crippen LogP contribution in [-0.4, -0.2) is 20.6 Å². The third-order valence-corrected chi connectivity index (χ3v) is 1.99. The zero-order valence-corrected chi connectivity index (χ0v) is 8.01. The SMILES string of the molecule is CC(N)Cc1cnn2cc(N)cnc12. The van der Waals surface area contributed by atoms with E-state index in [0.29, 0.717) is 5.69 Å². The molecule has 0 saturated heterocycles. The van der Waals surface area contributed by atoms with Crippen LogP contribution in [0.3, 0.4) is 0 Å². The molecule has 0 spiro atoms. The molecule has 1 atom stereocenters. The maximum Gasteiger partial charge on any atom is 0.158 e. The standard InChI is InChI=1S/C9H13N5/c1-6(10)2-7-3-13-14-5-8(11)4-12-9(7)14/h3-6H,2,10-11H2,1H3. The Morgan fingerprint density at radius 3 is 3.00 bits per heavy atom. The predicted octanol–water partition coefficient (Wildman–Crippen LogP) is 0.201. The van der Waals surface area contributed by atoms with Gasteiger partial charge in [0.15, 0.2) is 5.65 Å². The van der Waals surface area contributed by atoms with Gasteiger partial charge in [0.25, 0.3) is 0 Å². The molecule has 0 bridgehead atoms. The van der Waals surface area contributed by atoms with Crippen molar-refractivity contribution in [2.45, 2.75) is 19.4 Å². The predicted molar refractivity (Wildman–Crippen MR) is 54.8 cm³/mol. The van der Waals surface area contributed by atoms with Crippen molar-refractivity contribution in [1.82, 2.24) is 14.6 Å². The Hall–Kier alpha value is -1.62. The highest BCUT2D eigenvalue weighted by Crippen LogP contribution is 2.10. The van der Waals surface area contributed by atoms with Crippen LogP contribution in [0.25, 0.3) is 5.65 Å². The monoisotopic (exact) mass is 191 g/mol. The number of hydrogen-bond acceptors (Lipinski definition) is 4. The first-order chi connectivity index (χ1) is 6.66. The number of fused-ring (bicyclic) bond motifs is 1. The van der Waals surface area contributed by atoms with Crippen molar-refractivity contribution < 1.29 is 0 Å². The molecule has 0 aliphatic rings. The van der Waals surface area contributed by atoms with Gasteiger partial charge in [-0.25, -0.2) is 9.50 Å². The minimum atomic E-state index is 0.113. The van der Waals surface area contributed by atoms with E-state index in [9.17, 15) is 0 Å². The number of aromatic nitrogens is 3. The van der Waals surface area contributed by atoms with Gasteiger partial charge in [-0.05, 0) is 13.3 Å². The lowest BCUT2D eigenvalue weighted by molar-refractivity contribution is 0.740. The molecule has 2 rings (SSSR count). The van der Waals surface area contributed by atoms with E-state index in [0.717, 1.165) is 17.6 Å². The lowest BCUT2D eigenvalue weighted by Crippen LogP contribution is -2.17. The number of nitrogens with two attached hydrogens (primary N) is 2. The minimum absolute atomic E-state index is 0.113. The molecule has 0 fully saturated rings. The van der Waals surface area contributed by atoms with E-state index >= 15 is 0 Å². The molecular formula is C9H13N5. The molecule has 0 aliphatic carbocycles. The maximum absolute atomic E-state index is 5.72. The molecule has 2 heterocycles. The first-order valence-corrected chi connectivity index (χ1v) is 4.50. The molecule has 2 aromatic heterocycles. The molecule has 2 aromatic rings. The second kappa shape index (κ2) is 3.26. The second-order valence-electron chi connectivity index (χ2n) is 3.51. The molecule has 0 radical (unpaired) electrons. The normalized spacial score (nSPS) is 13.3. The molecule has 0 amide bonds. The van der Waals surface area contributed by atoms with Gasteiger partial charge in [-0.2, -0.15) is 5.10 Å². The van der Waals surface area contributed by atoms with Crippen molar-refractivity contribution in [2.75, 3.05) is 5.73 Å². The summed E-state index contributed by atoms with van der Waals surface area (Å²) >= 11 is 0. The van der Waals surface area contributed by atoms with Crippen LogP contribution in [0.5, 0.6) is 0 Å². The molecule has 0 saturated carbocycles. The number of hydrogen-bond donors (Lipinski definition) is 2. The van der Waals surface area contributed by atoms with Crippen LogP contribution in [0.4, 0.5) is 5.69 Å². The summed E-state index contributed by atoms with van der Waals surface area (Å²) in [4.78, 5) is 4.21. The van der Waals surface area contributed by atoms with Crippen molar-refractivity contribution in [3.05, 3.63) is 24.2 Å². The summed E-state index contributed by atoms with van der Waals surface area (Å²) in [5, 5.41) is 4.15. The van der Waals surface area contributed by atoms with E-state index in [1.807, 2.05) is 6.92 Å². The molecule has 4 N–H and O–H groups in total. The molecule has 5 heteroatoms. The quantitative estimate of drug-likeness (QED) is 0.710. The first-order valence-electron chi connectivity index (χ1n) is 4.50. The fourth-order valence-electron chi connectivity index (χ4n) is 1.43. The van der Waals surface area contributed by atoms with Crippen molar-refractivity contribution in [2.24, 2.45) is 5.73 Å². The van der Waals surface area contributed by atoms with Crippen molar-refractivity contribution in [3.8, 4) is 0 Å². The molecule has 1 unspecified atom stereocenters. The lowest BCUT2D eigenvalue weighted by atomic mass is 10.1. The van der Waals surface area contributed by atoms with Gasteiger partial charge >= 0.3 is 0 Å². The Kier molecular flexibility index (Phi) is 2.09. The Balaban J connectivity index is 2.47. The summed E-state index contributed by atoms with van der Waals surface area (Å²) in [6.45, 7) is 1.96. The zero-order chi connectivity index (χ0) is 10.1. The van der Waals surface area contributed by atoms with E-state index < -0.39 is 0 Å². The van der Waals surface area contributed by atoms with Gasteiger partial charge in [0, 0.05) is 11.6 Å². The van der Waals surface area contributed by atoms with Gasteiger partial charge < -0.3 is 11.5 Å². The first kappa shape index (κ1) is 8.96. The van der Waals surface area contributed by atoms with Crippen LogP contribution in [0.2, 0.25) is 0 Å². The number of anilines is 1. The Morgan fingerprint density at radius 1 is 1.50 bits per heavy atom. The average molecular weight is 191 g/mol. The molecule has 74 valence electrons. The van der Waals surface area contributed by atoms with Crippen LogP contribution >= 0.6 is 0 Å². The highest BCUT2D eigenvalue weighted by molar-refractivity contribution is 5.49. The van der Waals surface area contributed by atoms with E-state index in [2.05, 4.69) is 10.1 Å². The topological polar surface area (TPSA) is 82.2 Å². The fraction of sp³-hybridized carbons (Fsp3) is 0.333. The van der Waals surface area contributed by atoms with E-state index in [1.54, 1.807) is 23.1 Å².